The Morgan fingerprint density at radius 2 is 1.89 bits per heavy atom. The number of hydrogen-bond acceptors (Lipinski definition) is 5. The number of halogens is 1. The predicted octanol–water partition coefficient (Wildman–Crippen LogP) is 1.84. The highest BCUT2D eigenvalue weighted by atomic mass is 32.1. The van der Waals surface area contributed by atoms with Gasteiger partial charge in [0.05, 0.1) is 4.88 Å². The molecule has 1 N–H and O–H groups in total. The van der Waals surface area contributed by atoms with Gasteiger partial charge >= 0.3 is 0 Å². The van der Waals surface area contributed by atoms with Crippen molar-refractivity contribution in [3.05, 3.63) is 52.5 Å². The van der Waals surface area contributed by atoms with Gasteiger partial charge in [-0.05, 0) is 23.6 Å². The molecule has 0 unspecified atom stereocenters. The van der Waals surface area contributed by atoms with Gasteiger partial charge in [-0.25, -0.2) is 4.39 Å². The summed E-state index contributed by atoms with van der Waals surface area (Å²) in [6.45, 7) is 3.88. The van der Waals surface area contributed by atoms with Gasteiger partial charge in [0.15, 0.2) is 18.2 Å². The lowest BCUT2D eigenvalue weighted by Gasteiger charge is -2.34. The Morgan fingerprint density at radius 1 is 1.11 bits per heavy atom. The van der Waals surface area contributed by atoms with Crippen LogP contribution in [0.25, 0.3) is 0 Å². The van der Waals surface area contributed by atoms with Crippen molar-refractivity contribution in [3.8, 4) is 5.75 Å². The number of rotatable bonds is 7. The number of hydrogen-bond donors (Lipinski definition) is 1. The number of nitrogens with zero attached hydrogens (tertiary/aromatic N) is 2. The summed E-state index contributed by atoms with van der Waals surface area (Å²) in [6.07, 6.45) is 0. The zero-order valence-corrected chi connectivity index (χ0v) is 15.7. The molecule has 27 heavy (non-hydrogen) atoms. The van der Waals surface area contributed by atoms with Crippen LogP contribution in [0.15, 0.2) is 41.8 Å². The van der Waals surface area contributed by atoms with E-state index in [0.717, 1.165) is 18.0 Å². The topological polar surface area (TPSA) is 61.9 Å². The Bertz CT molecular complexity index is 761. The number of thiophene rings is 1. The third kappa shape index (κ3) is 5.51. The van der Waals surface area contributed by atoms with Gasteiger partial charge in [0.1, 0.15) is 0 Å². The zero-order chi connectivity index (χ0) is 19.1. The number of piperazine rings is 1. The van der Waals surface area contributed by atoms with E-state index < -0.39 is 5.82 Å². The molecule has 0 bridgehead atoms. The van der Waals surface area contributed by atoms with Crippen molar-refractivity contribution in [2.45, 2.75) is 0 Å². The molecule has 144 valence electrons. The highest BCUT2D eigenvalue weighted by Crippen LogP contribution is 2.15. The monoisotopic (exact) mass is 391 g/mol. The molecule has 0 aliphatic carbocycles. The zero-order valence-electron chi connectivity index (χ0n) is 14.9. The van der Waals surface area contributed by atoms with E-state index in [1.54, 1.807) is 12.1 Å². The Hall–Kier alpha value is -2.45. The number of ether oxygens (including phenoxy) is 1. The standard InChI is InChI=1S/C19H22FN3O3S/c20-15-4-1-2-5-16(15)26-14-18(24)21-7-8-22-9-11-23(12-10-22)19(25)17-6-3-13-27-17/h1-6,13H,7-12,14H2,(H,21,24). The SMILES string of the molecule is O=C(COc1ccccc1F)NCCN1CCN(C(=O)c2cccs2)CC1. The van der Waals surface area contributed by atoms with Gasteiger partial charge in [0.2, 0.25) is 0 Å². The van der Waals surface area contributed by atoms with E-state index in [9.17, 15) is 14.0 Å². The van der Waals surface area contributed by atoms with Crippen molar-refractivity contribution < 1.29 is 18.7 Å². The number of carbonyl (C=O) groups is 2. The van der Waals surface area contributed by atoms with Gasteiger partial charge < -0.3 is 15.0 Å². The van der Waals surface area contributed by atoms with Crippen LogP contribution in [0.5, 0.6) is 5.75 Å². The van der Waals surface area contributed by atoms with E-state index in [-0.39, 0.29) is 24.2 Å². The van der Waals surface area contributed by atoms with Crippen LogP contribution in [0.2, 0.25) is 0 Å². The summed E-state index contributed by atoms with van der Waals surface area (Å²) in [6, 6.07) is 9.72. The van der Waals surface area contributed by atoms with Crippen LogP contribution < -0.4 is 10.1 Å². The van der Waals surface area contributed by atoms with Crippen LogP contribution in [-0.2, 0) is 4.79 Å². The van der Waals surface area contributed by atoms with Gasteiger partial charge in [-0.2, -0.15) is 0 Å². The van der Waals surface area contributed by atoms with E-state index >= 15 is 0 Å². The van der Waals surface area contributed by atoms with Crippen molar-refractivity contribution in [3.63, 3.8) is 0 Å². The normalized spacial score (nSPS) is 14.8. The van der Waals surface area contributed by atoms with Crippen LogP contribution >= 0.6 is 11.3 Å². The van der Waals surface area contributed by atoms with Crippen molar-refractivity contribution in [1.29, 1.82) is 0 Å². The van der Waals surface area contributed by atoms with Crippen LogP contribution in [-0.4, -0.2) is 67.5 Å². The maximum Gasteiger partial charge on any atom is 0.264 e. The van der Waals surface area contributed by atoms with Crippen LogP contribution in [0.3, 0.4) is 0 Å². The van der Waals surface area contributed by atoms with E-state index in [0.29, 0.717) is 26.2 Å². The van der Waals surface area contributed by atoms with Crippen molar-refractivity contribution in [2.24, 2.45) is 0 Å². The first-order valence-electron chi connectivity index (χ1n) is 8.82. The van der Waals surface area contributed by atoms with Crippen LogP contribution in [0.4, 0.5) is 4.39 Å². The summed E-state index contributed by atoms with van der Waals surface area (Å²) >= 11 is 1.46. The first kappa shape index (κ1) is 19.3. The third-order valence-electron chi connectivity index (χ3n) is 4.34. The number of amides is 2. The molecule has 0 saturated carbocycles. The van der Waals surface area contributed by atoms with E-state index in [1.165, 1.54) is 23.5 Å². The molecular weight excluding hydrogens is 369 g/mol. The van der Waals surface area contributed by atoms with Gasteiger partial charge in [0, 0.05) is 39.3 Å². The summed E-state index contributed by atoms with van der Waals surface area (Å²) in [5, 5.41) is 4.67. The third-order valence-corrected chi connectivity index (χ3v) is 5.19. The first-order valence-corrected chi connectivity index (χ1v) is 9.70. The van der Waals surface area contributed by atoms with Crippen molar-refractivity contribution >= 4 is 23.2 Å². The average Bonchev–Trinajstić information content (AvgIpc) is 3.22. The second-order valence-corrected chi connectivity index (χ2v) is 7.13. The molecule has 1 saturated heterocycles. The van der Waals surface area contributed by atoms with E-state index in [2.05, 4.69) is 10.2 Å². The predicted molar refractivity (Wildman–Crippen MR) is 102 cm³/mol. The molecule has 2 heterocycles. The molecule has 1 aliphatic heterocycles. The van der Waals surface area contributed by atoms with Crippen molar-refractivity contribution in [1.82, 2.24) is 15.1 Å². The maximum atomic E-state index is 13.4. The second kappa shape index (κ2) is 9.48. The smallest absolute Gasteiger partial charge is 0.264 e. The summed E-state index contributed by atoms with van der Waals surface area (Å²) in [5.41, 5.74) is 0. The lowest BCUT2D eigenvalue weighted by Crippen LogP contribution is -2.50. The van der Waals surface area contributed by atoms with Gasteiger partial charge in [-0.3, -0.25) is 14.5 Å². The Morgan fingerprint density at radius 3 is 2.59 bits per heavy atom. The quantitative estimate of drug-likeness (QED) is 0.782. The van der Waals surface area contributed by atoms with Crippen LogP contribution in [0.1, 0.15) is 9.67 Å². The molecule has 1 fully saturated rings. The molecule has 1 aromatic carbocycles. The van der Waals surface area contributed by atoms with E-state index in [4.69, 9.17) is 4.74 Å². The van der Waals surface area contributed by atoms with Gasteiger partial charge in [-0.15, -0.1) is 11.3 Å². The molecule has 6 nitrogen and oxygen atoms in total. The van der Waals surface area contributed by atoms with Gasteiger partial charge in [0.25, 0.3) is 11.8 Å². The number of nitrogens with one attached hydrogen (secondary N) is 1. The molecule has 2 aromatic rings. The largest absolute Gasteiger partial charge is 0.481 e. The fourth-order valence-electron chi connectivity index (χ4n) is 2.84. The lowest BCUT2D eigenvalue weighted by molar-refractivity contribution is -0.123. The minimum absolute atomic E-state index is 0.0687. The molecule has 8 heteroatoms. The molecule has 3 rings (SSSR count). The molecule has 0 atom stereocenters. The van der Waals surface area contributed by atoms with E-state index in [1.807, 2.05) is 22.4 Å². The summed E-state index contributed by atoms with van der Waals surface area (Å²) in [7, 11) is 0. The summed E-state index contributed by atoms with van der Waals surface area (Å²) in [5.74, 6) is -0.618. The maximum absolute atomic E-state index is 13.4. The lowest BCUT2D eigenvalue weighted by atomic mass is 10.3. The summed E-state index contributed by atoms with van der Waals surface area (Å²) in [4.78, 5) is 29.0. The molecule has 2 amide bonds. The molecule has 1 aromatic heterocycles. The van der Waals surface area contributed by atoms with Crippen molar-refractivity contribution in [2.75, 3.05) is 45.9 Å². The highest BCUT2D eigenvalue weighted by Gasteiger charge is 2.22. The fraction of sp³-hybridized carbons (Fsp3) is 0.368. The molecule has 0 radical (unpaired) electrons. The molecule has 0 spiro atoms. The minimum Gasteiger partial charge on any atom is -0.481 e. The molecular formula is C19H22FN3O3S. The fourth-order valence-corrected chi connectivity index (χ4v) is 3.53. The molecule has 1 aliphatic rings. The minimum atomic E-state index is -0.486. The first-order chi connectivity index (χ1) is 13.1. The Kier molecular flexibility index (Phi) is 6.78. The second-order valence-electron chi connectivity index (χ2n) is 6.18. The summed E-state index contributed by atoms with van der Waals surface area (Å²) < 4.78 is 18.6. The van der Waals surface area contributed by atoms with Gasteiger partial charge in [-0.1, -0.05) is 18.2 Å². The average molecular weight is 391 g/mol. The number of benzene rings is 1. The highest BCUT2D eigenvalue weighted by molar-refractivity contribution is 7.12. The Balaban J connectivity index is 1.31. The number of para-hydroxylation sites is 1. The Labute approximate surface area is 161 Å². The number of carbonyl (C=O) groups excluding carboxylic acids is 2. The van der Waals surface area contributed by atoms with Crippen LogP contribution in [0, 0.1) is 5.82 Å².